The van der Waals surface area contributed by atoms with Crippen LogP contribution >= 0.6 is 23.1 Å². The van der Waals surface area contributed by atoms with E-state index < -0.39 is 0 Å². The monoisotopic (exact) mass is 321 g/mol. The second-order valence-electron chi connectivity index (χ2n) is 4.70. The largest absolute Gasteiger partial charge is 0.305 e. The van der Waals surface area contributed by atoms with Gasteiger partial charge in [0.15, 0.2) is 0 Å². The first-order valence-corrected chi connectivity index (χ1v) is 8.98. The zero-order chi connectivity index (χ0) is 15.2. The smallest absolute Gasteiger partial charge is 0.227 e. The Hall–Kier alpha value is -1.40. The normalized spacial score (nSPS) is 10.6. The standard InChI is InChI=1S/C15H19N3OS2/c1-11-15(18(2)13(19)7-5-9-20-3)21-14(17-11)12-6-4-8-16-10-12/h4,6,8,10H,5,7,9H2,1-3H3. The molecule has 112 valence electrons. The van der Waals surface area contributed by atoms with Crippen molar-refractivity contribution < 1.29 is 4.79 Å². The molecule has 2 heterocycles. The molecule has 0 aromatic carbocycles. The summed E-state index contributed by atoms with van der Waals surface area (Å²) >= 11 is 3.31. The number of nitrogens with zero attached hydrogens (tertiary/aromatic N) is 3. The number of carbonyl (C=O) groups excluding carboxylic acids is 1. The number of aryl methyl sites for hydroxylation is 1. The molecule has 6 heteroatoms. The van der Waals surface area contributed by atoms with Crippen molar-refractivity contribution in [1.29, 1.82) is 0 Å². The molecule has 2 aromatic heterocycles. The Bertz CT molecular complexity index is 598. The molecule has 1 amide bonds. The molecule has 0 saturated carbocycles. The summed E-state index contributed by atoms with van der Waals surface area (Å²) in [4.78, 5) is 22.6. The lowest BCUT2D eigenvalue weighted by Crippen LogP contribution is -2.25. The number of hydrogen-bond acceptors (Lipinski definition) is 5. The number of aromatic nitrogens is 2. The highest BCUT2D eigenvalue weighted by Gasteiger charge is 2.17. The van der Waals surface area contributed by atoms with Crippen molar-refractivity contribution in [3.63, 3.8) is 0 Å². The third-order valence-electron chi connectivity index (χ3n) is 3.10. The van der Waals surface area contributed by atoms with E-state index in [0.717, 1.165) is 33.4 Å². The first-order valence-electron chi connectivity index (χ1n) is 6.76. The fourth-order valence-corrected chi connectivity index (χ4v) is 3.43. The van der Waals surface area contributed by atoms with Crippen LogP contribution in [0.15, 0.2) is 24.5 Å². The van der Waals surface area contributed by atoms with Crippen LogP contribution < -0.4 is 4.90 Å². The summed E-state index contributed by atoms with van der Waals surface area (Å²) in [7, 11) is 1.83. The predicted molar refractivity (Wildman–Crippen MR) is 91.1 cm³/mol. The first kappa shape index (κ1) is 16.0. The van der Waals surface area contributed by atoms with Gasteiger partial charge in [0.25, 0.3) is 0 Å². The van der Waals surface area contributed by atoms with Crippen molar-refractivity contribution in [3.8, 4) is 10.6 Å². The number of pyridine rings is 1. The second-order valence-corrected chi connectivity index (χ2v) is 6.66. The Morgan fingerprint density at radius 3 is 2.95 bits per heavy atom. The summed E-state index contributed by atoms with van der Waals surface area (Å²) in [6.07, 6.45) is 7.09. The number of hydrogen-bond donors (Lipinski definition) is 0. The topological polar surface area (TPSA) is 46.1 Å². The summed E-state index contributed by atoms with van der Waals surface area (Å²) < 4.78 is 0. The summed E-state index contributed by atoms with van der Waals surface area (Å²) in [5.74, 6) is 1.16. The van der Waals surface area contributed by atoms with E-state index in [4.69, 9.17) is 0 Å². The first-order chi connectivity index (χ1) is 10.1. The highest BCUT2D eigenvalue weighted by atomic mass is 32.2. The zero-order valence-electron chi connectivity index (χ0n) is 12.5. The van der Waals surface area contributed by atoms with Gasteiger partial charge < -0.3 is 4.90 Å². The maximum atomic E-state index is 12.2. The van der Waals surface area contributed by atoms with Gasteiger partial charge >= 0.3 is 0 Å². The molecule has 4 nitrogen and oxygen atoms in total. The van der Waals surface area contributed by atoms with Gasteiger partial charge in [-0.2, -0.15) is 11.8 Å². The Morgan fingerprint density at radius 1 is 1.48 bits per heavy atom. The molecule has 0 unspecified atom stereocenters. The Labute approximate surface area is 133 Å². The number of rotatable bonds is 6. The third kappa shape index (κ3) is 4.04. The lowest BCUT2D eigenvalue weighted by molar-refractivity contribution is -0.118. The summed E-state index contributed by atoms with van der Waals surface area (Å²) in [5, 5.41) is 1.82. The van der Waals surface area contributed by atoms with E-state index in [1.807, 2.05) is 26.1 Å². The van der Waals surface area contributed by atoms with Crippen molar-refractivity contribution in [2.24, 2.45) is 0 Å². The highest BCUT2D eigenvalue weighted by molar-refractivity contribution is 7.98. The molecule has 2 rings (SSSR count). The minimum Gasteiger partial charge on any atom is -0.305 e. The Balaban J connectivity index is 2.13. The Morgan fingerprint density at radius 2 is 2.29 bits per heavy atom. The predicted octanol–water partition coefficient (Wildman–Crippen LogP) is 3.62. The van der Waals surface area contributed by atoms with Crippen LogP contribution in [0.1, 0.15) is 18.5 Å². The van der Waals surface area contributed by atoms with Gasteiger partial charge in [-0.3, -0.25) is 9.78 Å². The lowest BCUT2D eigenvalue weighted by atomic mass is 10.3. The molecule has 0 aliphatic carbocycles. The van der Waals surface area contributed by atoms with Crippen LogP contribution in [0.25, 0.3) is 10.6 Å². The SMILES string of the molecule is CSCCCC(=O)N(C)c1sc(-c2cccnc2)nc1C. The summed E-state index contributed by atoms with van der Waals surface area (Å²) in [6, 6.07) is 3.87. The highest BCUT2D eigenvalue weighted by Crippen LogP contribution is 2.33. The lowest BCUT2D eigenvalue weighted by Gasteiger charge is -2.15. The van der Waals surface area contributed by atoms with Crippen LogP contribution in [-0.4, -0.2) is 34.9 Å². The van der Waals surface area contributed by atoms with E-state index in [0.29, 0.717) is 6.42 Å². The molecule has 0 radical (unpaired) electrons. The zero-order valence-corrected chi connectivity index (χ0v) is 14.1. The number of thiazole rings is 1. The van der Waals surface area contributed by atoms with Gasteiger partial charge in [-0.25, -0.2) is 4.98 Å². The quantitative estimate of drug-likeness (QED) is 0.762. The Kier molecular flexibility index (Phi) is 5.76. The molecule has 2 aromatic rings. The molecule has 0 saturated heterocycles. The number of anilines is 1. The van der Waals surface area contributed by atoms with Crippen LogP contribution in [-0.2, 0) is 4.79 Å². The second kappa shape index (κ2) is 7.56. The number of carbonyl (C=O) groups is 1. The van der Waals surface area contributed by atoms with E-state index >= 15 is 0 Å². The minimum absolute atomic E-state index is 0.147. The van der Waals surface area contributed by atoms with E-state index in [1.165, 1.54) is 11.3 Å². The third-order valence-corrected chi connectivity index (χ3v) is 5.08. The van der Waals surface area contributed by atoms with Crippen LogP contribution in [0.3, 0.4) is 0 Å². The molecular weight excluding hydrogens is 302 g/mol. The molecule has 21 heavy (non-hydrogen) atoms. The van der Waals surface area contributed by atoms with Gasteiger partial charge in [0.05, 0.1) is 5.69 Å². The number of thioether (sulfide) groups is 1. The van der Waals surface area contributed by atoms with E-state index in [9.17, 15) is 4.79 Å². The van der Waals surface area contributed by atoms with Crippen LogP contribution in [0.4, 0.5) is 5.00 Å². The van der Waals surface area contributed by atoms with Crippen LogP contribution in [0, 0.1) is 6.92 Å². The molecular formula is C15H19N3OS2. The molecule has 0 N–H and O–H groups in total. The average molecular weight is 321 g/mol. The van der Waals surface area contributed by atoms with E-state index in [1.54, 1.807) is 29.1 Å². The van der Waals surface area contributed by atoms with Gasteiger partial charge in [-0.15, -0.1) is 0 Å². The molecule has 0 atom stereocenters. The van der Waals surface area contributed by atoms with Crippen LogP contribution in [0.5, 0.6) is 0 Å². The summed E-state index contributed by atoms with van der Waals surface area (Å²) in [5.41, 5.74) is 1.87. The minimum atomic E-state index is 0.147. The maximum absolute atomic E-state index is 12.2. The van der Waals surface area contributed by atoms with Crippen molar-refractivity contribution >= 4 is 34.0 Å². The average Bonchev–Trinajstić information content (AvgIpc) is 2.89. The van der Waals surface area contributed by atoms with Crippen LogP contribution in [0.2, 0.25) is 0 Å². The summed E-state index contributed by atoms with van der Waals surface area (Å²) in [6.45, 7) is 1.94. The van der Waals surface area contributed by atoms with E-state index in [2.05, 4.69) is 16.2 Å². The van der Waals surface area contributed by atoms with Gasteiger partial charge in [0.2, 0.25) is 5.91 Å². The molecule has 0 aliphatic heterocycles. The van der Waals surface area contributed by atoms with Gasteiger partial charge in [-0.1, -0.05) is 11.3 Å². The van der Waals surface area contributed by atoms with Gasteiger partial charge in [0, 0.05) is 31.4 Å². The van der Waals surface area contributed by atoms with Gasteiger partial charge in [0.1, 0.15) is 10.0 Å². The fraction of sp³-hybridized carbons (Fsp3) is 0.400. The molecule has 0 bridgehead atoms. The number of amides is 1. The van der Waals surface area contributed by atoms with Crippen molar-refractivity contribution in [3.05, 3.63) is 30.2 Å². The maximum Gasteiger partial charge on any atom is 0.227 e. The van der Waals surface area contributed by atoms with Crippen molar-refractivity contribution in [2.45, 2.75) is 19.8 Å². The fourth-order valence-electron chi connectivity index (χ4n) is 1.96. The van der Waals surface area contributed by atoms with E-state index in [-0.39, 0.29) is 5.91 Å². The van der Waals surface area contributed by atoms with Crippen molar-refractivity contribution in [1.82, 2.24) is 9.97 Å². The van der Waals surface area contributed by atoms with Crippen molar-refractivity contribution in [2.75, 3.05) is 24.0 Å². The molecule has 0 aliphatic rings. The molecule has 0 spiro atoms. The molecule has 0 fully saturated rings. The van der Waals surface area contributed by atoms with Gasteiger partial charge in [-0.05, 0) is 37.5 Å².